The van der Waals surface area contributed by atoms with Crippen molar-refractivity contribution in [3.63, 3.8) is 0 Å². The lowest BCUT2D eigenvalue weighted by Gasteiger charge is -2.12. The Morgan fingerprint density at radius 1 is 1.21 bits per heavy atom. The molecule has 0 saturated heterocycles. The van der Waals surface area contributed by atoms with Crippen LogP contribution in [0.4, 0.5) is 0 Å². The zero-order chi connectivity index (χ0) is 11.0. The lowest BCUT2D eigenvalue weighted by molar-refractivity contribution is -0.136. The first-order chi connectivity index (χ1) is 6.59. The van der Waals surface area contributed by atoms with Crippen LogP contribution >= 0.6 is 31.9 Å². The minimum absolute atomic E-state index is 0.0432. The third-order valence-electron chi connectivity index (χ3n) is 2.14. The molecule has 0 aromatic heterocycles. The lowest BCUT2D eigenvalue weighted by Crippen LogP contribution is -2.23. The molecule has 0 rings (SSSR count). The van der Waals surface area contributed by atoms with Crippen LogP contribution in [0.1, 0.15) is 45.4 Å². The maximum Gasteiger partial charge on any atom is 0.318 e. The van der Waals surface area contributed by atoms with E-state index < -0.39 is 10.8 Å². The SMILES string of the molecule is CCCCCCCC(Br)C(Br)C(=O)O. The molecule has 2 unspecified atom stereocenters. The maximum absolute atomic E-state index is 10.6. The number of aliphatic carboxylic acids is 1. The van der Waals surface area contributed by atoms with Crippen LogP contribution in [-0.4, -0.2) is 20.7 Å². The molecule has 0 aliphatic heterocycles. The molecular formula is C10H18Br2O2. The smallest absolute Gasteiger partial charge is 0.318 e. The van der Waals surface area contributed by atoms with Crippen molar-refractivity contribution in [3.8, 4) is 0 Å². The van der Waals surface area contributed by atoms with Crippen LogP contribution in [0.25, 0.3) is 0 Å². The van der Waals surface area contributed by atoms with Crippen LogP contribution in [0, 0.1) is 0 Å². The fraction of sp³-hybridized carbons (Fsp3) is 0.900. The predicted molar refractivity (Wildman–Crippen MR) is 66.4 cm³/mol. The molecule has 2 nitrogen and oxygen atoms in total. The molecule has 14 heavy (non-hydrogen) atoms. The van der Waals surface area contributed by atoms with Gasteiger partial charge in [0, 0.05) is 4.83 Å². The van der Waals surface area contributed by atoms with Crippen LogP contribution in [-0.2, 0) is 4.79 Å². The van der Waals surface area contributed by atoms with Crippen LogP contribution in [0.15, 0.2) is 0 Å². The number of alkyl halides is 2. The van der Waals surface area contributed by atoms with E-state index in [0.29, 0.717) is 0 Å². The molecule has 0 radical (unpaired) electrons. The Balaban J connectivity index is 3.43. The second-order valence-electron chi connectivity index (χ2n) is 3.46. The standard InChI is InChI=1S/C10H18Br2O2/c1-2-3-4-5-6-7-8(11)9(12)10(13)14/h8-9H,2-7H2,1H3,(H,13,14). The Kier molecular flexibility index (Phi) is 8.98. The molecule has 0 aliphatic carbocycles. The van der Waals surface area contributed by atoms with E-state index in [1.54, 1.807) is 0 Å². The average molecular weight is 330 g/mol. The molecule has 0 aliphatic rings. The number of unbranched alkanes of at least 4 members (excludes halogenated alkanes) is 4. The summed E-state index contributed by atoms with van der Waals surface area (Å²) >= 11 is 6.53. The van der Waals surface area contributed by atoms with E-state index in [-0.39, 0.29) is 4.83 Å². The van der Waals surface area contributed by atoms with E-state index >= 15 is 0 Å². The van der Waals surface area contributed by atoms with Crippen LogP contribution in [0.5, 0.6) is 0 Å². The van der Waals surface area contributed by atoms with Crippen LogP contribution < -0.4 is 0 Å². The molecular weight excluding hydrogens is 312 g/mol. The zero-order valence-corrected chi connectivity index (χ0v) is 11.7. The van der Waals surface area contributed by atoms with Crippen molar-refractivity contribution >= 4 is 37.8 Å². The van der Waals surface area contributed by atoms with E-state index in [9.17, 15) is 4.79 Å². The Morgan fingerprint density at radius 3 is 2.29 bits per heavy atom. The van der Waals surface area contributed by atoms with Crippen molar-refractivity contribution < 1.29 is 9.90 Å². The molecule has 0 aromatic rings. The number of hydrogen-bond acceptors (Lipinski definition) is 1. The van der Waals surface area contributed by atoms with Crippen molar-refractivity contribution in [2.75, 3.05) is 0 Å². The molecule has 4 heteroatoms. The highest BCUT2D eigenvalue weighted by atomic mass is 79.9. The van der Waals surface area contributed by atoms with E-state index in [4.69, 9.17) is 5.11 Å². The summed E-state index contributed by atoms with van der Waals surface area (Å²) in [7, 11) is 0. The topological polar surface area (TPSA) is 37.3 Å². The molecule has 0 heterocycles. The first kappa shape index (κ1) is 14.4. The van der Waals surface area contributed by atoms with Crippen LogP contribution in [0.2, 0.25) is 0 Å². The minimum atomic E-state index is -0.791. The number of hydrogen-bond donors (Lipinski definition) is 1. The highest BCUT2D eigenvalue weighted by molar-refractivity contribution is 9.12. The third kappa shape index (κ3) is 6.82. The second-order valence-corrected chi connectivity index (χ2v) is 5.62. The van der Waals surface area contributed by atoms with Gasteiger partial charge in [0.25, 0.3) is 0 Å². The Hall–Kier alpha value is 0.430. The van der Waals surface area contributed by atoms with Gasteiger partial charge >= 0.3 is 5.97 Å². The molecule has 0 aromatic carbocycles. The molecule has 0 spiro atoms. The second kappa shape index (κ2) is 8.72. The number of carboxylic acids is 1. The molecule has 84 valence electrons. The zero-order valence-electron chi connectivity index (χ0n) is 8.51. The predicted octanol–water partition coefficient (Wildman–Crippen LogP) is 3.96. The molecule has 0 saturated carbocycles. The molecule has 0 amide bonds. The van der Waals surface area contributed by atoms with Crippen molar-refractivity contribution in [1.29, 1.82) is 0 Å². The fourth-order valence-electron chi connectivity index (χ4n) is 1.24. The first-order valence-corrected chi connectivity index (χ1v) is 6.93. The Morgan fingerprint density at radius 2 is 1.79 bits per heavy atom. The highest BCUT2D eigenvalue weighted by Gasteiger charge is 2.21. The van der Waals surface area contributed by atoms with Crippen molar-refractivity contribution in [2.45, 2.75) is 55.1 Å². The summed E-state index contributed by atoms with van der Waals surface area (Å²) in [6.07, 6.45) is 7.01. The number of carboxylic acid groups (broad SMARTS) is 1. The summed E-state index contributed by atoms with van der Waals surface area (Å²) in [5, 5.41) is 8.72. The number of halogens is 2. The van der Waals surface area contributed by atoms with Gasteiger partial charge in [0.05, 0.1) is 0 Å². The summed E-state index contributed by atoms with van der Waals surface area (Å²) in [4.78, 5) is 10.2. The van der Waals surface area contributed by atoms with E-state index in [0.717, 1.165) is 12.8 Å². The van der Waals surface area contributed by atoms with Gasteiger partial charge in [-0.25, -0.2) is 0 Å². The molecule has 2 atom stereocenters. The van der Waals surface area contributed by atoms with Gasteiger partial charge in [-0.1, -0.05) is 70.9 Å². The summed E-state index contributed by atoms with van der Waals surface area (Å²) < 4.78 is 0. The van der Waals surface area contributed by atoms with Crippen molar-refractivity contribution in [3.05, 3.63) is 0 Å². The largest absolute Gasteiger partial charge is 0.480 e. The van der Waals surface area contributed by atoms with Gasteiger partial charge in [-0.05, 0) is 6.42 Å². The molecule has 0 fully saturated rings. The fourth-order valence-corrected chi connectivity index (χ4v) is 2.06. The first-order valence-electron chi connectivity index (χ1n) is 5.10. The third-order valence-corrected chi connectivity index (χ3v) is 4.86. The van der Waals surface area contributed by atoms with Gasteiger partial charge in [0.1, 0.15) is 4.83 Å². The molecule has 1 N–H and O–H groups in total. The number of carbonyl (C=O) groups is 1. The number of rotatable bonds is 8. The average Bonchev–Trinajstić information content (AvgIpc) is 2.16. The van der Waals surface area contributed by atoms with E-state index in [1.165, 1.54) is 25.7 Å². The van der Waals surface area contributed by atoms with E-state index in [2.05, 4.69) is 38.8 Å². The van der Waals surface area contributed by atoms with Gasteiger partial charge in [-0.3, -0.25) is 4.79 Å². The van der Waals surface area contributed by atoms with Gasteiger partial charge in [0.15, 0.2) is 0 Å². The summed E-state index contributed by atoms with van der Waals surface area (Å²) in [6, 6.07) is 0. The van der Waals surface area contributed by atoms with E-state index in [1.807, 2.05) is 0 Å². The summed E-state index contributed by atoms with van der Waals surface area (Å²) in [6.45, 7) is 2.19. The Labute approximate surface area is 103 Å². The quantitative estimate of drug-likeness (QED) is 0.540. The highest BCUT2D eigenvalue weighted by Crippen LogP contribution is 2.21. The van der Waals surface area contributed by atoms with Crippen molar-refractivity contribution in [1.82, 2.24) is 0 Å². The summed E-state index contributed by atoms with van der Waals surface area (Å²) in [5.74, 6) is -0.791. The monoisotopic (exact) mass is 328 g/mol. The van der Waals surface area contributed by atoms with Gasteiger partial charge in [-0.2, -0.15) is 0 Å². The van der Waals surface area contributed by atoms with Crippen molar-refractivity contribution in [2.24, 2.45) is 0 Å². The molecule has 0 bridgehead atoms. The van der Waals surface area contributed by atoms with Gasteiger partial charge in [-0.15, -0.1) is 0 Å². The van der Waals surface area contributed by atoms with Gasteiger partial charge < -0.3 is 5.11 Å². The van der Waals surface area contributed by atoms with Crippen LogP contribution in [0.3, 0.4) is 0 Å². The normalized spacial score (nSPS) is 15.1. The minimum Gasteiger partial charge on any atom is -0.480 e. The Bertz CT molecular complexity index is 162. The maximum atomic E-state index is 10.6. The lowest BCUT2D eigenvalue weighted by atomic mass is 10.1. The summed E-state index contributed by atoms with van der Waals surface area (Å²) in [5.41, 5.74) is 0. The van der Waals surface area contributed by atoms with Gasteiger partial charge in [0.2, 0.25) is 0 Å².